The van der Waals surface area contributed by atoms with Crippen LogP contribution < -0.4 is 5.32 Å². The third kappa shape index (κ3) is 3.30. The van der Waals surface area contributed by atoms with Gasteiger partial charge in [-0.15, -0.1) is 0 Å². The standard InChI is InChI=1S/C15H22FNO/c1-11-9-12(16)6-7-14(11)15(17-2)10-13-5-3-4-8-18-13/h6-7,9,13,15,17H,3-5,8,10H2,1-2H3. The summed E-state index contributed by atoms with van der Waals surface area (Å²) in [5.41, 5.74) is 2.18. The van der Waals surface area contributed by atoms with Crippen molar-refractivity contribution in [2.75, 3.05) is 13.7 Å². The average Bonchev–Trinajstić information content (AvgIpc) is 2.38. The summed E-state index contributed by atoms with van der Waals surface area (Å²) >= 11 is 0. The van der Waals surface area contributed by atoms with Crippen LogP contribution in [-0.2, 0) is 4.74 Å². The molecule has 1 aromatic carbocycles. The summed E-state index contributed by atoms with van der Waals surface area (Å²) in [6.45, 7) is 2.84. The fourth-order valence-corrected chi connectivity index (χ4v) is 2.69. The Morgan fingerprint density at radius 1 is 1.44 bits per heavy atom. The zero-order chi connectivity index (χ0) is 13.0. The Morgan fingerprint density at radius 3 is 2.89 bits per heavy atom. The first kappa shape index (κ1) is 13.5. The van der Waals surface area contributed by atoms with E-state index in [4.69, 9.17) is 4.74 Å². The molecule has 0 spiro atoms. The predicted octanol–water partition coefficient (Wildman–Crippen LogP) is 3.35. The summed E-state index contributed by atoms with van der Waals surface area (Å²) in [5, 5.41) is 3.32. The molecule has 1 aliphatic heterocycles. The van der Waals surface area contributed by atoms with Crippen LogP contribution in [0.25, 0.3) is 0 Å². The summed E-state index contributed by atoms with van der Waals surface area (Å²) < 4.78 is 18.9. The smallest absolute Gasteiger partial charge is 0.123 e. The lowest BCUT2D eigenvalue weighted by atomic mass is 9.94. The Morgan fingerprint density at radius 2 is 2.28 bits per heavy atom. The molecule has 0 aliphatic carbocycles. The molecular formula is C15H22FNO. The minimum atomic E-state index is -0.167. The van der Waals surface area contributed by atoms with Crippen LogP contribution >= 0.6 is 0 Å². The maximum absolute atomic E-state index is 13.1. The maximum atomic E-state index is 13.1. The van der Waals surface area contributed by atoms with Crippen LogP contribution in [-0.4, -0.2) is 19.8 Å². The largest absolute Gasteiger partial charge is 0.378 e. The number of hydrogen-bond donors (Lipinski definition) is 1. The van der Waals surface area contributed by atoms with Gasteiger partial charge in [-0.3, -0.25) is 0 Å². The van der Waals surface area contributed by atoms with E-state index in [1.165, 1.54) is 24.5 Å². The van der Waals surface area contributed by atoms with Crippen molar-refractivity contribution in [3.8, 4) is 0 Å². The van der Waals surface area contributed by atoms with Gasteiger partial charge in [0, 0.05) is 12.6 Å². The van der Waals surface area contributed by atoms with Crippen LogP contribution in [0.1, 0.15) is 42.9 Å². The molecule has 0 aromatic heterocycles. The fraction of sp³-hybridized carbons (Fsp3) is 0.600. The second-order valence-corrected chi connectivity index (χ2v) is 5.07. The summed E-state index contributed by atoms with van der Waals surface area (Å²) in [6, 6.07) is 5.26. The molecule has 2 nitrogen and oxygen atoms in total. The highest BCUT2D eigenvalue weighted by Crippen LogP contribution is 2.26. The number of halogens is 1. The van der Waals surface area contributed by atoms with Crippen LogP contribution in [0.15, 0.2) is 18.2 Å². The van der Waals surface area contributed by atoms with E-state index in [1.54, 1.807) is 6.07 Å². The Labute approximate surface area is 109 Å². The Hall–Kier alpha value is -0.930. The third-order valence-electron chi connectivity index (χ3n) is 3.73. The van der Waals surface area contributed by atoms with Crippen molar-refractivity contribution >= 4 is 0 Å². The maximum Gasteiger partial charge on any atom is 0.123 e. The molecule has 1 fully saturated rings. The van der Waals surface area contributed by atoms with Gasteiger partial charge in [-0.2, -0.15) is 0 Å². The minimum absolute atomic E-state index is 0.167. The average molecular weight is 251 g/mol. The van der Waals surface area contributed by atoms with E-state index >= 15 is 0 Å². The lowest BCUT2D eigenvalue weighted by molar-refractivity contribution is 0.00545. The van der Waals surface area contributed by atoms with Crippen molar-refractivity contribution < 1.29 is 9.13 Å². The van der Waals surface area contributed by atoms with Gasteiger partial charge in [0.25, 0.3) is 0 Å². The Balaban J connectivity index is 2.07. The van der Waals surface area contributed by atoms with Gasteiger partial charge in [0.1, 0.15) is 5.82 Å². The van der Waals surface area contributed by atoms with E-state index in [9.17, 15) is 4.39 Å². The molecule has 0 amide bonds. The first-order valence-corrected chi connectivity index (χ1v) is 6.75. The number of hydrogen-bond acceptors (Lipinski definition) is 2. The highest BCUT2D eigenvalue weighted by atomic mass is 19.1. The molecule has 0 radical (unpaired) electrons. The van der Waals surface area contributed by atoms with Crippen molar-refractivity contribution in [2.24, 2.45) is 0 Å². The molecule has 2 atom stereocenters. The van der Waals surface area contributed by atoms with E-state index in [2.05, 4.69) is 5.32 Å². The Kier molecular flexibility index (Phi) is 4.72. The van der Waals surface area contributed by atoms with Crippen LogP contribution in [0, 0.1) is 12.7 Å². The molecule has 100 valence electrons. The third-order valence-corrected chi connectivity index (χ3v) is 3.73. The van der Waals surface area contributed by atoms with Crippen LogP contribution in [0.2, 0.25) is 0 Å². The monoisotopic (exact) mass is 251 g/mol. The highest BCUT2D eigenvalue weighted by Gasteiger charge is 2.20. The molecule has 1 aromatic rings. The molecule has 1 saturated heterocycles. The van der Waals surface area contributed by atoms with Gasteiger partial charge < -0.3 is 10.1 Å². The van der Waals surface area contributed by atoms with Gasteiger partial charge >= 0.3 is 0 Å². The van der Waals surface area contributed by atoms with Gasteiger partial charge in [-0.05, 0) is 62.9 Å². The van der Waals surface area contributed by atoms with E-state index in [0.717, 1.165) is 25.0 Å². The number of nitrogens with one attached hydrogen (secondary N) is 1. The zero-order valence-electron chi connectivity index (χ0n) is 11.2. The number of ether oxygens (including phenoxy) is 1. The van der Waals surface area contributed by atoms with Crippen LogP contribution in [0.5, 0.6) is 0 Å². The van der Waals surface area contributed by atoms with Gasteiger partial charge in [0.2, 0.25) is 0 Å². The van der Waals surface area contributed by atoms with Crippen LogP contribution in [0.3, 0.4) is 0 Å². The summed E-state index contributed by atoms with van der Waals surface area (Å²) in [6.07, 6.45) is 4.86. The molecule has 2 rings (SSSR count). The molecule has 0 bridgehead atoms. The molecule has 1 heterocycles. The summed E-state index contributed by atoms with van der Waals surface area (Å²) in [5.74, 6) is -0.167. The Bertz CT molecular complexity index is 388. The molecule has 1 N–H and O–H groups in total. The first-order chi connectivity index (χ1) is 8.70. The zero-order valence-corrected chi connectivity index (χ0v) is 11.2. The fourth-order valence-electron chi connectivity index (χ4n) is 2.69. The van der Waals surface area contributed by atoms with E-state index in [1.807, 2.05) is 20.0 Å². The first-order valence-electron chi connectivity index (χ1n) is 6.75. The number of rotatable bonds is 4. The van der Waals surface area contributed by atoms with Crippen molar-refractivity contribution in [1.29, 1.82) is 0 Å². The normalized spacial score (nSPS) is 21.8. The van der Waals surface area contributed by atoms with Crippen molar-refractivity contribution in [3.05, 3.63) is 35.1 Å². The SMILES string of the molecule is CNC(CC1CCCCO1)c1ccc(F)cc1C. The molecule has 0 saturated carbocycles. The van der Waals surface area contributed by atoms with Gasteiger partial charge in [-0.25, -0.2) is 4.39 Å². The van der Waals surface area contributed by atoms with Gasteiger partial charge in [-0.1, -0.05) is 6.07 Å². The topological polar surface area (TPSA) is 21.3 Å². The van der Waals surface area contributed by atoms with E-state index < -0.39 is 0 Å². The molecular weight excluding hydrogens is 229 g/mol. The summed E-state index contributed by atoms with van der Waals surface area (Å²) in [7, 11) is 1.95. The number of aryl methyl sites for hydroxylation is 1. The molecule has 2 unspecified atom stereocenters. The summed E-state index contributed by atoms with van der Waals surface area (Å²) in [4.78, 5) is 0. The van der Waals surface area contributed by atoms with E-state index in [-0.39, 0.29) is 11.9 Å². The minimum Gasteiger partial charge on any atom is -0.378 e. The van der Waals surface area contributed by atoms with Crippen LogP contribution in [0.4, 0.5) is 4.39 Å². The molecule has 1 aliphatic rings. The lowest BCUT2D eigenvalue weighted by Gasteiger charge is -2.27. The van der Waals surface area contributed by atoms with E-state index in [0.29, 0.717) is 6.10 Å². The second kappa shape index (κ2) is 6.30. The number of benzene rings is 1. The lowest BCUT2D eigenvalue weighted by Crippen LogP contribution is -2.27. The van der Waals surface area contributed by atoms with Crippen molar-refractivity contribution in [1.82, 2.24) is 5.32 Å². The quantitative estimate of drug-likeness (QED) is 0.886. The molecule has 18 heavy (non-hydrogen) atoms. The van der Waals surface area contributed by atoms with Gasteiger partial charge in [0.15, 0.2) is 0 Å². The molecule has 3 heteroatoms. The second-order valence-electron chi connectivity index (χ2n) is 5.07. The predicted molar refractivity (Wildman–Crippen MR) is 71.1 cm³/mol. The van der Waals surface area contributed by atoms with Crippen molar-refractivity contribution in [2.45, 2.75) is 44.8 Å². The van der Waals surface area contributed by atoms with Crippen molar-refractivity contribution in [3.63, 3.8) is 0 Å². The highest BCUT2D eigenvalue weighted by molar-refractivity contribution is 5.29. The van der Waals surface area contributed by atoms with Gasteiger partial charge in [0.05, 0.1) is 6.10 Å².